The van der Waals surface area contributed by atoms with E-state index in [1.54, 1.807) is 27.7 Å². The number of rotatable bonds is 4. The van der Waals surface area contributed by atoms with Crippen LogP contribution in [0.1, 0.15) is 33.4 Å². The molecule has 0 spiro atoms. The fraction of sp³-hybridized carbons (Fsp3) is 0.500. The third-order valence-corrected chi connectivity index (χ3v) is 2.68. The Hall–Kier alpha value is -2.16. The second kappa shape index (κ2) is 7.02. The van der Waals surface area contributed by atoms with Gasteiger partial charge in [0, 0.05) is 5.38 Å². The highest BCUT2D eigenvalue weighted by Crippen LogP contribution is 2.18. The first-order valence-electron chi connectivity index (χ1n) is 6.12. The monoisotopic (exact) mass is 315 g/mol. The molecule has 1 amide bonds. The molecule has 0 unspecified atom stereocenters. The van der Waals surface area contributed by atoms with Crippen molar-refractivity contribution >= 4 is 34.2 Å². The first-order chi connectivity index (χ1) is 9.76. The molecule has 0 aliphatic heterocycles. The van der Waals surface area contributed by atoms with Crippen molar-refractivity contribution in [2.45, 2.75) is 33.3 Å². The topological polar surface area (TPSA) is 110 Å². The van der Waals surface area contributed by atoms with Crippen LogP contribution in [-0.2, 0) is 14.3 Å². The number of anilines is 1. The van der Waals surface area contributed by atoms with Crippen LogP contribution in [0.5, 0.6) is 0 Å². The number of esters is 1. The Balaban J connectivity index is 2.77. The molecular weight excluding hydrogens is 298 g/mol. The molecular formula is C12H17N3O5S. The van der Waals surface area contributed by atoms with Crippen LogP contribution in [-0.4, -0.2) is 40.2 Å². The third kappa shape index (κ3) is 5.38. The van der Waals surface area contributed by atoms with Gasteiger partial charge in [0.15, 0.2) is 5.13 Å². The molecule has 1 heterocycles. The van der Waals surface area contributed by atoms with Gasteiger partial charge in [-0.2, -0.15) is 0 Å². The number of amides is 1. The number of aromatic nitrogens is 1. The van der Waals surface area contributed by atoms with E-state index in [2.05, 4.69) is 15.5 Å². The summed E-state index contributed by atoms with van der Waals surface area (Å²) in [6, 6.07) is 0. The Morgan fingerprint density at radius 1 is 1.48 bits per heavy atom. The summed E-state index contributed by atoms with van der Waals surface area (Å²) in [5.41, 5.74) is -0.857. The van der Waals surface area contributed by atoms with Gasteiger partial charge in [-0.15, -0.1) is 11.3 Å². The van der Waals surface area contributed by atoms with E-state index in [0.29, 0.717) is 0 Å². The van der Waals surface area contributed by atoms with Crippen LogP contribution >= 0.6 is 11.3 Å². The van der Waals surface area contributed by atoms with E-state index in [-0.39, 0.29) is 23.1 Å². The largest absolute Gasteiger partial charge is 0.461 e. The zero-order chi connectivity index (χ0) is 16.0. The molecule has 0 aromatic carbocycles. The standard InChI is InChI=1S/C12H17N3O5S/c1-5-19-9(16)8(15-18)7-6-21-10(13-7)14-11(17)20-12(2,3)4/h6,18H,5H2,1-4H3,(H,13,14,17)/b15-8+. The number of oxime groups is 1. The highest BCUT2D eigenvalue weighted by molar-refractivity contribution is 7.14. The highest BCUT2D eigenvalue weighted by atomic mass is 32.1. The van der Waals surface area contributed by atoms with Gasteiger partial charge in [0.2, 0.25) is 5.71 Å². The number of carbonyl (C=O) groups excluding carboxylic acids is 2. The molecule has 1 aromatic heterocycles. The van der Waals surface area contributed by atoms with E-state index >= 15 is 0 Å². The predicted octanol–water partition coefficient (Wildman–Crippen LogP) is 2.23. The number of hydrogen-bond donors (Lipinski definition) is 2. The Morgan fingerprint density at radius 2 is 2.14 bits per heavy atom. The average molecular weight is 315 g/mol. The van der Waals surface area contributed by atoms with Crippen LogP contribution < -0.4 is 5.32 Å². The molecule has 0 fully saturated rings. The fourth-order valence-corrected chi connectivity index (χ4v) is 1.91. The maximum atomic E-state index is 11.6. The lowest BCUT2D eigenvalue weighted by molar-refractivity contribution is -0.135. The highest BCUT2D eigenvalue weighted by Gasteiger charge is 2.21. The predicted molar refractivity (Wildman–Crippen MR) is 76.9 cm³/mol. The zero-order valence-electron chi connectivity index (χ0n) is 12.2. The Bertz CT molecular complexity index is 547. The lowest BCUT2D eigenvalue weighted by Crippen LogP contribution is -2.27. The molecule has 0 saturated heterocycles. The maximum Gasteiger partial charge on any atom is 0.413 e. The van der Waals surface area contributed by atoms with E-state index in [1.807, 2.05) is 0 Å². The lowest BCUT2D eigenvalue weighted by Gasteiger charge is -2.18. The Morgan fingerprint density at radius 3 is 2.67 bits per heavy atom. The van der Waals surface area contributed by atoms with Crippen molar-refractivity contribution in [3.8, 4) is 0 Å². The van der Waals surface area contributed by atoms with Gasteiger partial charge in [0.1, 0.15) is 11.3 Å². The second-order valence-electron chi connectivity index (χ2n) is 4.83. The number of ether oxygens (including phenoxy) is 2. The minimum atomic E-state index is -0.797. The normalized spacial score (nSPS) is 11.9. The van der Waals surface area contributed by atoms with E-state index in [4.69, 9.17) is 14.7 Å². The molecule has 8 nitrogen and oxygen atoms in total. The van der Waals surface area contributed by atoms with Crippen molar-refractivity contribution in [2.24, 2.45) is 5.16 Å². The van der Waals surface area contributed by atoms with E-state index in [1.165, 1.54) is 5.38 Å². The molecule has 21 heavy (non-hydrogen) atoms. The van der Waals surface area contributed by atoms with E-state index in [0.717, 1.165) is 11.3 Å². The van der Waals surface area contributed by atoms with Crippen LogP contribution in [0.2, 0.25) is 0 Å². The molecule has 116 valence electrons. The number of nitrogens with one attached hydrogen (secondary N) is 1. The van der Waals surface area contributed by atoms with Gasteiger partial charge in [0.25, 0.3) is 0 Å². The SMILES string of the molecule is CCOC(=O)/C(=N/O)c1csc(NC(=O)OC(C)(C)C)n1. The van der Waals surface area contributed by atoms with Gasteiger partial charge in [-0.05, 0) is 27.7 Å². The van der Waals surface area contributed by atoms with Crippen molar-refractivity contribution < 1.29 is 24.3 Å². The molecule has 1 aromatic rings. The molecule has 0 atom stereocenters. The minimum Gasteiger partial charge on any atom is -0.461 e. The van der Waals surface area contributed by atoms with E-state index < -0.39 is 17.7 Å². The molecule has 0 radical (unpaired) electrons. The van der Waals surface area contributed by atoms with Crippen molar-refractivity contribution in [3.63, 3.8) is 0 Å². The van der Waals surface area contributed by atoms with Crippen LogP contribution in [0, 0.1) is 0 Å². The zero-order valence-corrected chi connectivity index (χ0v) is 13.0. The van der Waals surface area contributed by atoms with Crippen molar-refractivity contribution in [2.75, 3.05) is 11.9 Å². The summed E-state index contributed by atoms with van der Waals surface area (Å²) < 4.78 is 9.80. The molecule has 1 rings (SSSR count). The fourth-order valence-electron chi connectivity index (χ4n) is 1.23. The summed E-state index contributed by atoms with van der Waals surface area (Å²) in [6.07, 6.45) is -0.665. The van der Waals surface area contributed by atoms with Gasteiger partial charge in [-0.3, -0.25) is 5.32 Å². The summed E-state index contributed by atoms with van der Waals surface area (Å²) in [4.78, 5) is 27.1. The number of nitrogens with zero attached hydrogens (tertiary/aromatic N) is 2. The van der Waals surface area contributed by atoms with Gasteiger partial charge in [-0.1, -0.05) is 5.16 Å². The van der Waals surface area contributed by atoms with Crippen LogP contribution in [0.3, 0.4) is 0 Å². The van der Waals surface area contributed by atoms with Crippen LogP contribution in [0.4, 0.5) is 9.93 Å². The molecule has 0 bridgehead atoms. The smallest absolute Gasteiger partial charge is 0.413 e. The average Bonchev–Trinajstić information content (AvgIpc) is 2.76. The van der Waals surface area contributed by atoms with Gasteiger partial charge >= 0.3 is 12.1 Å². The minimum absolute atomic E-state index is 0.104. The third-order valence-electron chi connectivity index (χ3n) is 1.92. The van der Waals surface area contributed by atoms with Crippen LogP contribution in [0.15, 0.2) is 10.5 Å². The van der Waals surface area contributed by atoms with Gasteiger partial charge in [0.05, 0.1) is 6.61 Å². The van der Waals surface area contributed by atoms with Crippen molar-refractivity contribution in [1.82, 2.24) is 4.98 Å². The van der Waals surface area contributed by atoms with Crippen molar-refractivity contribution in [3.05, 3.63) is 11.1 Å². The first kappa shape index (κ1) is 16.9. The number of thiazole rings is 1. The summed E-state index contributed by atoms with van der Waals surface area (Å²) >= 11 is 1.06. The molecule has 0 aliphatic rings. The number of hydrogen-bond acceptors (Lipinski definition) is 8. The summed E-state index contributed by atoms with van der Waals surface area (Å²) in [6.45, 7) is 6.97. The van der Waals surface area contributed by atoms with Crippen molar-refractivity contribution in [1.29, 1.82) is 0 Å². The lowest BCUT2D eigenvalue weighted by atomic mass is 10.2. The molecule has 2 N–H and O–H groups in total. The van der Waals surface area contributed by atoms with E-state index in [9.17, 15) is 9.59 Å². The molecule has 0 aliphatic carbocycles. The second-order valence-corrected chi connectivity index (χ2v) is 5.69. The quantitative estimate of drug-likeness (QED) is 0.381. The van der Waals surface area contributed by atoms with Crippen LogP contribution in [0.25, 0.3) is 0 Å². The summed E-state index contributed by atoms with van der Waals surface area (Å²) in [5, 5.41) is 15.8. The Labute approximate surface area is 125 Å². The first-order valence-corrected chi connectivity index (χ1v) is 7.00. The molecule has 0 saturated carbocycles. The Kier molecular flexibility index (Phi) is 5.65. The number of carbonyl (C=O) groups is 2. The summed E-state index contributed by atoms with van der Waals surface area (Å²) in [5.74, 6) is -0.797. The van der Waals surface area contributed by atoms with Gasteiger partial charge < -0.3 is 14.7 Å². The summed E-state index contributed by atoms with van der Waals surface area (Å²) in [7, 11) is 0. The molecule has 9 heteroatoms. The maximum absolute atomic E-state index is 11.6. The van der Waals surface area contributed by atoms with Gasteiger partial charge in [-0.25, -0.2) is 14.6 Å².